The predicted octanol–water partition coefficient (Wildman–Crippen LogP) is 4.41. The molecule has 4 aromatic rings. The first kappa shape index (κ1) is 18.6. The van der Waals surface area contributed by atoms with Gasteiger partial charge in [-0.15, -0.1) is 0 Å². The number of carbonyl (C=O) groups excluding carboxylic acids is 1. The number of aromatic nitrogens is 5. The molecule has 2 aromatic heterocycles. The predicted molar refractivity (Wildman–Crippen MR) is 106 cm³/mol. The van der Waals surface area contributed by atoms with E-state index in [4.69, 9.17) is 11.6 Å². The average molecular weight is 427 g/mol. The molecule has 0 atom stereocenters. The van der Waals surface area contributed by atoms with Crippen molar-refractivity contribution in [3.05, 3.63) is 64.9 Å². The standard InChI is InChI=1S/C20H13ClF2N6O/c21-12-7-16-15(27-29(28-16)10-4-5-10)6-11(12)17-8-25-18(9-24-17)26-20(30)19-13(22)2-1-3-14(19)23/h1-3,6-10H,4-5H2,(H,25,26,30). The number of benzene rings is 2. The van der Waals surface area contributed by atoms with E-state index in [1.54, 1.807) is 16.9 Å². The minimum atomic E-state index is -0.962. The number of carbonyl (C=O) groups is 1. The molecule has 10 heteroatoms. The van der Waals surface area contributed by atoms with E-state index in [0.717, 1.165) is 25.0 Å². The van der Waals surface area contributed by atoms with Crippen molar-refractivity contribution in [3.63, 3.8) is 0 Å². The highest BCUT2D eigenvalue weighted by molar-refractivity contribution is 6.34. The van der Waals surface area contributed by atoms with E-state index in [1.165, 1.54) is 18.5 Å². The summed E-state index contributed by atoms with van der Waals surface area (Å²) in [7, 11) is 0. The molecule has 1 amide bonds. The Morgan fingerprint density at radius 2 is 1.77 bits per heavy atom. The summed E-state index contributed by atoms with van der Waals surface area (Å²) in [5.41, 5.74) is 1.76. The van der Waals surface area contributed by atoms with E-state index < -0.39 is 23.1 Å². The van der Waals surface area contributed by atoms with Crippen LogP contribution in [0.4, 0.5) is 14.6 Å². The Kier molecular flexibility index (Phi) is 4.39. The molecule has 0 bridgehead atoms. The molecule has 1 aliphatic rings. The van der Waals surface area contributed by atoms with Gasteiger partial charge in [0.2, 0.25) is 0 Å². The number of nitrogens with zero attached hydrogens (tertiary/aromatic N) is 5. The molecule has 0 unspecified atom stereocenters. The van der Waals surface area contributed by atoms with Crippen LogP contribution in [0.3, 0.4) is 0 Å². The minimum Gasteiger partial charge on any atom is -0.305 e. The van der Waals surface area contributed by atoms with Gasteiger partial charge in [0.25, 0.3) is 5.91 Å². The van der Waals surface area contributed by atoms with Gasteiger partial charge < -0.3 is 5.32 Å². The maximum absolute atomic E-state index is 13.8. The van der Waals surface area contributed by atoms with Crippen molar-refractivity contribution in [2.24, 2.45) is 0 Å². The molecule has 1 fully saturated rings. The second-order valence-electron chi connectivity index (χ2n) is 6.91. The summed E-state index contributed by atoms with van der Waals surface area (Å²) in [6.07, 6.45) is 4.83. The lowest BCUT2D eigenvalue weighted by molar-refractivity contribution is 0.101. The van der Waals surface area contributed by atoms with Crippen LogP contribution >= 0.6 is 11.6 Å². The van der Waals surface area contributed by atoms with Crippen molar-refractivity contribution in [2.75, 3.05) is 5.32 Å². The Balaban J connectivity index is 1.41. The number of hydrogen-bond donors (Lipinski definition) is 1. The zero-order valence-corrected chi connectivity index (χ0v) is 16.1. The van der Waals surface area contributed by atoms with E-state index in [1.807, 2.05) is 0 Å². The molecule has 1 aliphatic carbocycles. The summed E-state index contributed by atoms with van der Waals surface area (Å²) >= 11 is 6.38. The first-order chi connectivity index (χ1) is 14.5. The van der Waals surface area contributed by atoms with Crippen molar-refractivity contribution in [2.45, 2.75) is 18.9 Å². The van der Waals surface area contributed by atoms with Crippen molar-refractivity contribution in [1.82, 2.24) is 25.0 Å². The average Bonchev–Trinajstić information content (AvgIpc) is 3.48. The normalized spacial score (nSPS) is 13.6. The molecule has 0 spiro atoms. The molecule has 0 radical (unpaired) electrons. The molecule has 1 saturated carbocycles. The van der Waals surface area contributed by atoms with Crippen LogP contribution in [0.2, 0.25) is 5.02 Å². The minimum absolute atomic E-state index is 0.0447. The zero-order valence-electron chi connectivity index (χ0n) is 15.3. The molecule has 5 rings (SSSR count). The summed E-state index contributed by atoms with van der Waals surface area (Å²) in [5, 5.41) is 11.7. The zero-order chi connectivity index (χ0) is 20.8. The molecule has 0 saturated heterocycles. The van der Waals surface area contributed by atoms with E-state index in [-0.39, 0.29) is 5.82 Å². The van der Waals surface area contributed by atoms with Gasteiger partial charge in [0.15, 0.2) is 5.82 Å². The third-order valence-electron chi connectivity index (χ3n) is 4.72. The summed E-state index contributed by atoms with van der Waals surface area (Å²) < 4.78 is 27.5. The van der Waals surface area contributed by atoms with Crippen molar-refractivity contribution in [1.29, 1.82) is 0 Å². The number of amides is 1. The lowest BCUT2D eigenvalue weighted by Gasteiger charge is -2.07. The van der Waals surface area contributed by atoms with Gasteiger partial charge in [0, 0.05) is 5.56 Å². The highest BCUT2D eigenvalue weighted by Gasteiger charge is 2.26. The van der Waals surface area contributed by atoms with Gasteiger partial charge in [-0.1, -0.05) is 17.7 Å². The number of rotatable bonds is 4. The van der Waals surface area contributed by atoms with E-state index in [2.05, 4.69) is 25.5 Å². The van der Waals surface area contributed by atoms with Crippen molar-refractivity contribution < 1.29 is 13.6 Å². The van der Waals surface area contributed by atoms with Crippen molar-refractivity contribution in [3.8, 4) is 11.3 Å². The maximum atomic E-state index is 13.8. The number of halogens is 3. The van der Waals surface area contributed by atoms with Crippen LogP contribution in [0, 0.1) is 11.6 Å². The van der Waals surface area contributed by atoms with E-state index in [9.17, 15) is 13.6 Å². The van der Waals surface area contributed by atoms with Gasteiger partial charge in [-0.2, -0.15) is 15.0 Å². The summed E-state index contributed by atoms with van der Waals surface area (Å²) in [6, 6.07) is 7.03. The van der Waals surface area contributed by atoms with Crippen molar-refractivity contribution >= 4 is 34.4 Å². The van der Waals surface area contributed by atoms with Gasteiger partial charge in [-0.25, -0.2) is 13.8 Å². The fourth-order valence-corrected chi connectivity index (χ4v) is 3.30. The summed E-state index contributed by atoms with van der Waals surface area (Å²) in [4.78, 5) is 22.2. The van der Waals surface area contributed by atoms with Gasteiger partial charge in [-0.3, -0.25) is 9.78 Å². The molecule has 0 aliphatic heterocycles. The molecule has 2 aromatic carbocycles. The van der Waals surface area contributed by atoms with Crippen LogP contribution in [-0.2, 0) is 0 Å². The fourth-order valence-electron chi connectivity index (χ4n) is 3.04. The number of hydrogen-bond acceptors (Lipinski definition) is 5. The molecular weight excluding hydrogens is 414 g/mol. The lowest BCUT2D eigenvalue weighted by atomic mass is 10.1. The van der Waals surface area contributed by atoms with Gasteiger partial charge in [0.1, 0.15) is 28.2 Å². The Morgan fingerprint density at radius 3 is 2.40 bits per heavy atom. The maximum Gasteiger partial charge on any atom is 0.262 e. The molecule has 30 heavy (non-hydrogen) atoms. The molecular formula is C20H13ClF2N6O. The summed E-state index contributed by atoms with van der Waals surface area (Å²) in [5.74, 6) is -2.83. The molecule has 2 heterocycles. The second-order valence-corrected chi connectivity index (χ2v) is 7.32. The van der Waals surface area contributed by atoms with Crippen LogP contribution in [-0.4, -0.2) is 30.9 Å². The smallest absolute Gasteiger partial charge is 0.262 e. The van der Waals surface area contributed by atoms with Crippen LogP contribution in [0.15, 0.2) is 42.7 Å². The number of fused-ring (bicyclic) bond motifs is 1. The quantitative estimate of drug-likeness (QED) is 0.522. The molecule has 7 nitrogen and oxygen atoms in total. The summed E-state index contributed by atoms with van der Waals surface area (Å²) in [6.45, 7) is 0. The monoisotopic (exact) mass is 426 g/mol. The van der Waals surface area contributed by atoms with Crippen LogP contribution in [0.5, 0.6) is 0 Å². The Labute approximate surface area is 173 Å². The third-order valence-corrected chi connectivity index (χ3v) is 5.03. The van der Waals surface area contributed by atoms with Crippen LogP contribution in [0.25, 0.3) is 22.3 Å². The number of nitrogens with one attached hydrogen (secondary N) is 1. The third kappa shape index (κ3) is 3.37. The Bertz CT molecular complexity index is 1270. The van der Waals surface area contributed by atoms with Gasteiger partial charge in [0.05, 0.1) is 29.2 Å². The first-order valence-corrected chi connectivity index (χ1v) is 9.51. The molecule has 150 valence electrons. The topological polar surface area (TPSA) is 85.6 Å². The van der Waals surface area contributed by atoms with E-state index in [0.29, 0.717) is 33.4 Å². The lowest BCUT2D eigenvalue weighted by Crippen LogP contribution is -2.16. The highest BCUT2D eigenvalue weighted by Crippen LogP contribution is 2.35. The van der Waals surface area contributed by atoms with Crippen LogP contribution in [0.1, 0.15) is 29.2 Å². The second kappa shape index (κ2) is 7.10. The Hall–Kier alpha value is -3.46. The fraction of sp³-hybridized carbons (Fsp3) is 0.150. The Morgan fingerprint density at radius 1 is 1.07 bits per heavy atom. The van der Waals surface area contributed by atoms with Crippen LogP contribution < -0.4 is 5.32 Å². The molecule has 1 N–H and O–H groups in total. The number of anilines is 1. The largest absolute Gasteiger partial charge is 0.305 e. The SMILES string of the molecule is O=C(Nc1cnc(-c2cc3nn(C4CC4)nc3cc2Cl)cn1)c1c(F)cccc1F. The first-order valence-electron chi connectivity index (χ1n) is 9.13. The van der Waals surface area contributed by atoms with Gasteiger partial charge in [-0.05, 0) is 37.1 Å². The van der Waals surface area contributed by atoms with Gasteiger partial charge >= 0.3 is 0 Å². The highest BCUT2D eigenvalue weighted by atomic mass is 35.5. The van der Waals surface area contributed by atoms with E-state index >= 15 is 0 Å².